The third-order valence-electron chi connectivity index (χ3n) is 6.71. The molecule has 1 aromatic heterocycles. The van der Waals surface area contributed by atoms with E-state index in [1.165, 1.54) is 27.0 Å². The quantitative estimate of drug-likeness (QED) is 0.242. The summed E-state index contributed by atoms with van der Waals surface area (Å²) in [4.78, 5) is 24.8. The van der Waals surface area contributed by atoms with Gasteiger partial charge in [-0.25, -0.2) is 4.79 Å². The first kappa shape index (κ1) is 27.9. The highest BCUT2D eigenvalue weighted by Gasteiger charge is 2.32. The lowest BCUT2D eigenvalue weighted by molar-refractivity contribution is -0.162. The second kappa shape index (κ2) is 10.6. The van der Waals surface area contributed by atoms with Gasteiger partial charge in [0.25, 0.3) is 0 Å². The maximum atomic E-state index is 13.6. The Labute approximate surface area is 223 Å². The Morgan fingerprint density at radius 3 is 2.10 bits per heavy atom. The van der Waals surface area contributed by atoms with Crippen molar-refractivity contribution in [3.63, 3.8) is 0 Å². The summed E-state index contributed by atoms with van der Waals surface area (Å²) in [5.41, 5.74) is 0.967. The van der Waals surface area contributed by atoms with Crippen LogP contribution in [0.15, 0.2) is 66.7 Å². The number of carbonyl (C=O) groups excluding carboxylic acids is 1. The van der Waals surface area contributed by atoms with Gasteiger partial charge in [0.05, 0.1) is 24.8 Å². The number of halogens is 3. The van der Waals surface area contributed by atoms with Crippen molar-refractivity contribution >= 4 is 22.7 Å². The summed E-state index contributed by atoms with van der Waals surface area (Å²) < 4.78 is 53.1. The summed E-state index contributed by atoms with van der Waals surface area (Å²) >= 11 is 0. The van der Waals surface area contributed by atoms with Crippen molar-refractivity contribution in [2.75, 3.05) is 7.11 Å². The monoisotopic (exact) mass is 539 g/mol. The molecule has 0 fully saturated rings. The van der Waals surface area contributed by atoms with Crippen LogP contribution in [0.3, 0.4) is 0 Å². The van der Waals surface area contributed by atoms with E-state index in [1.807, 2.05) is 0 Å². The minimum absolute atomic E-state index is 0.0838. The smallest absolute Gasteiger partial charge is 0.416 e. The molecule has 0 aliphatic carbocycles. The number of aromatic nitrogens is 1. The number of hydrogen-bond donors (Lipinski definition) is 1. The average molecular weight is 540 g/mol. The van der Waals surface area contributed by atoms with Gasteiger partial charge in [0.15, 0.2) is 11.4 Å². The molecular formula is C30H28F3NO5. The van der Waals surface area contributed by atoms with Crippen LogP contribution in [-0.4, -0.2) is 34.1 Å². The lowest BCUT2D eigenvalue weighted by Crippen LogP contribution is -2.34. The fourth-order valence-electron chi connectivity index (χ4n) is 4.28. The first-order valence-electron chi connectivity index (χ1n) is 12.2. The minimum Gasteiger partial charge on any atom is -0.497 e. The molecule has 0 spiro atoms. The number of carboxylic acid groups (broad SMARTS) is 1. The van der Waals surface area contributed by atoms with E-state index in [2.05, 4.69) is 0 Å². The van der Waals surface area contributed by atoms with E-state index < -0.39 is 23.3 Å². The largest absolute Gasteiger partial charge is 0.497 e. The highest BCUT2D eigenvalue weighted by atomic mass is 19.4. The van der Waals surface area contributed by atoms with Gasteiger partial charge in [-0.2, -0.15) is 13.2 Å². The summed E-state index contributed by atoms with van der Waals surface area (Å²) in [5.74, 6) is -0.791. The van der Waals surface area contributed by atoms with Gasteiger partial charge < -0.3 is 19.1 Å². The molecular weight excluding hydrogens is 511 g/mol. The van der Waals surface area contributed by atoms with Crippen LogP contribution in [0.25, 0.3) is 10.9 Å². The van der Waals surface area contributed by atoms with E-state index in [0.717, 1.165) is 23.3 Å². The van der Waals surface area contributed by atoms with Crippen molar-refractivity contribution in [3.8, 4) is 5.75 Å². The summed E-state index contributed by atoms with van der Waals surface area (Å²) in [7, 11) is 1.52. The number of ketones is 1. The first-order chi connectivity index (χ1) is 18.3. The number of carbonyl (C=O) groups is 2. The SMILES string of the molecule is COc1ccc(C(=O)c2c(C)n(Cc3ccc(COC(C)(C)C(=O)O)cc3)c3cc(C(F)(F)F)ccc23)cc1. The number of methoxy groups -OCH3 is 1. The zero-order valence-corrected chi connectivity index (χ0v) is 21.9. The molecule has 3 aromatic carbocycles. The van der Waals surface area contributed by atoms with Crippen LogP contribution in [0.4, 0.5) is 13.2 Å². The number of hydrogen-bond acceptors (Lipinski definition) is 4. The summed E-state index contributed by atoms with van der Waals surface area (Å²) in [5, 5.41) is 9.65. The van der Waals surface area contributed by atoms with Crippen LogP contribution >= 0.6 is 0 Å². The molecule has 9 heteroatoms. The maximum Gasteiger partial charge on any atom is 0.416 e. The zero-order chi connectivity index (χ0) is 28.5. The summed E-state index contributed by atoms with van der Waals surface area (Å²) in [6.45, 7) is 4.95. The molecule has 0 unspecified atom stereocenters. The van der Waals surface area contributed by atoms with Crippen LogP contribution in [-0.2, 0) is 28.9 Å². The van der Waals surface area contributed by atoms with Crippen molar-refractivity contribution in [1.29, 1.82) is 0 Å². The third-order valence-corrected chi connectivity index (χ3v) is 6.71. The molecule has 0 aliphatic heterocycles. The number of alkyl halides is 3. The molecule has 1 heterocycles. The average Bonchev–Trinajstić information content (AvgIpc) is 3.17. The van der Waals surface area contributed by atoms with Crippen LogP contribution in [0.5, 0.6) is 5.75 Å². The Morgan fingerprint density at radius 2 is 1.54 bits per heavy atom. The molecule has 4 aromatic rings. The molecule has 4 rings (SSSR count). The fraction of sp³-hybridized carbons (Fsp3) is 0.267. The predicted molar refractivity (Wildman–Crippen MR) is 140 cm³/mol. The van der Waals surface area contributed by atoms with Crippen molar-refractivity contribution in [2.45, 2.75) is 45.7 Å². The van der Waals surface area contributed by atoms with Gasteiger partial charge in [0.1, 0.15) is 5.75 Å². The van der Waals surface area contributed by atoms with E-state index in [9.17, 15) is 27.9 Å². The van der Waals surface area contributed by atoms with E-state index in [4.69, 9.17) is 9.47 Å². The molecule has 0 saturated heterocycles. The van der Waals surface area contributed by atoms with Gasteiger partial charge in [0.2, 0.25) is 0 Å². The lowest BCUT2D eigenvalue weighted by atomic mass is 9.99. The molecule has 0 aliphatic rings. The van der Waals surface area contributed by atoms with Gasteiger partial charge >= 0.3 is 12.1 Å². The molecule has 0 saturated carbocycles. The number of rotatable bonds is 9. The lowest BCUT2D eigenvalue weighted by Gasteiger charge is -2.20. The summed E-state index contributed by atoms with van der Waals surface area (Å²) in [6, 6.07) is 17.1. The Balaban J connectivity index is 1.72. The van der Waals surface area contributed by atoms with E-state index in [0.29, 0.717) is 33.5 Å². The Kier molecular flexibility index (Phi) is 7.57. The zero-order valence-electron chi connectivity index (χ0n) is 21.9. The number of ether oxygens (including phenoxy) is 2. The van der Waals surface area contributed by atoms with Gasteiger partial charge in [-0.1, -0.05) is 30.3 Å². The molecule has 0 atom stereocenters. The van der Waals surface area contributed by atoms with Crippen molar-refractivity contribution in [1.82, 2.24) is 4.57 Å². The predicted octanol–water partition coefficient (Wildman–Crippen LogP) is 6.64. The van der Waals surface area contributed by atoms with Gasteiger partial charge in [-0.05, 0) is 68.3 Å². The van der Waals surface area contributed by atoms with Crippen LogP contribution < -0.4 is 4.74 Å². The Hall–Kier alpha value is -4.11. The minimum atomic E-state index is -4.54. The molecule has 39 heavy (non-hydrogen) atoms. The van der Waals surface area contributed by atoms with Crippen molar-refractivity contribution in [3.05, 3.63) is 100 Å². The topological polar surface area (TPSA) is 77.8 Å². The van der Waals surface area contributed by atoms with Gasteiger partial charge in [-0.15, -0.1) is 0 Å². The van der Waals surface area contributed by atoms with E-state index in [-0.39, 0.29) is 18.9 Å². The summed E-state index contributed by atoms with van der Waals surface area (Å²) in [6.07, 6.45) is -4.54. The van der Waals surface area contributed by atoms with Crippen molar-refractivity contribution in [2.24, 2.45) is 0 Å². The molecule has 6 nitrogen and oxygen atoms in total. The highest BCUT2D eigenvalue weighted by Crippen LogP contribution is 2.35. The first-order valence-corrected chi connectivity index (χ1v) is 12.2. The number of nitrogens with zero attached hydrogens (tertiary/aromatic N) is 1. The van der Waals surface area contributed by atoms with E-state index in [1.54, 1.807) is 60.0 Å². The molecule has 0 amide bonds. The number of fused-ring (bicyclic) bond motifs is 1. The van der Waals surface area contributed by atoms with Gasteiger partial charge in [0, 0.05) is 28.7 Å². The highest BCUT2D eigenvalue weighted by molar-refractivity contribution is 6.17. The number of carboxylic acids is 1. The molecule has 0 radical (unpaired) electrons. The number of benzene rings is 3. The fourth-order valence-corrected chi connectivity index (χ4v) is 4.28. The van der Waals surface area contributed by atoms with Crippen LogP contribution in [0, 0.1) is 6.92 Å². The molecule has 0 bridgehead atoms. The second-order valence-corrected chi connectivity index (χ2v) is 9.75. The maximum absolute atomic E-state index is 13.6. The van der Waals surface area contributed by atoms with Crippen LogP contribution in [0.1, 0.15) is 52.2 Å². The Morgan fingerprint density at radius 1 is 0.923 bits per heavy atom. The molecule has 1 N–H and O–H groups in total. The van der Waals surface area contributed by atoms with Gasteiger partial charge in [-0.3, -0.25) is 4.79 Å². The normalized spacial score (nSPS) is 12.1. The van der Waals surface area contributed by atoms with Crippen LogP contribution in [0.2, 0.25) is 0 Å². The Bertz CT molecular complexity index is 1520. The third kappa shape index (κ3) is 5.83. The number of aliphatic carboxylic acids is 1. The standard InChI is InChI=1S/C30H28F3NO5/c1-18-26(27(35)21-9-12-23(38-4)13-10-21)24-14-11-22(30(31,32)33)15-25(24)34(18)16-19-5-7-20(8-6-19)17-39-29(2,3)28(36)37/h5-15H,16-17H2,1-4H3,(H,36,37). The second-order valence-electron chi connectivity index (χ2n) is 9.75. The molecule has 204 valence electrons. The van der Waals surface area contributed by atoms with Crippen molar-refractivity contribution < 1.29 is 37.3 Å². The van der Waals surface area contributed by atoms with E-state index >= 15 is 0 Å².